The van der Waals surface area contributed by atoms with E-state index in [4.69, 9.17) is 13.9 Å². The molecule has 7 heteroatoms. The molecular weight excluding hydrogens is 422 g/mol. The average molecular weight is 447 g/mol. The molecular formula is C26H25NO6. The number of hydrogen-bond acceptors (Lipinski definition) is 7. The Morgan fingerprint density at radius 3 is 2.76 bits per heavy atom. The predicted molar refractivity (Wildman–Crippen MR) is 122 cm³/mol. The summed E-state index contributed by atoms with van der Waals surface area (Å²) < 4.78 is 17.7. The van der Waals surface area contributed by atoms with E-state index < -0.39 is 17.3 Å². The van der Waals surface area contributed by atoms with E-state index in [0.717, 1.165) is 10.9 Å². The SMILES string of the molecule is CCOC(=O)C1=C(C)N(CCO)C2(c3cc4ccccc4oc3=O)CC1c1ccccc1O2. The van der Waals surface area contributed by atoms with E-state index in [-0.39, 0.29) is 25.7 Å². The molecule has 2 aliphatic heterocycles. The van der Waals surface area contributed by atoms with E-state index in [1.807, 2.05) is 49.4 Å². The summed E-state index contributed by atoms with van der Waals surface area (Å²) in [4.78, 5) is 28.1. The number of carbonyl (C=O) groups excluding carboxylic acids is 1. The van der Waals surface area contributed by atoms with Crippen LogP contribution in [0, 0.1) is 0 Å². The number of allylic oxidation sites excluding steroid dienone is 1. The molecule has 1 N–H and O–H groups in total. The molecule has 170 valence electrons. The van der Waals surface area contributed by atoms with Crippen LogP contribution >= 0.6 is 0 Å². The van der Waals surface area contributed by atoms with Crippen molar-refractivity contribution in [3.05, 3.63) is 87.4 Å². The van der Waals surface area contributed by atoms with Gasteiger partial charge in [0.15, 0.2) is 0 Å². The van der Waals surface area contributed by atoms with E-state index >= 15 is 0 Å². The van der Waals surface area contributed by atoms with Crippen LogP contribution in [0.15, 0.2) is 75.1 Å². The highest BCUT2D eigenvalue weighted by atomic mass is 16.5. The van der Waals surface area contributed by atoms with Crippen molar-refractivity contribution in [1.82, 2.24) is 4.90 Å². The molecule has 0 saturated carbocycles. The monoisotopic (exact) mass is 447 g/mol. The molecule has 2 aromatic carbocycles. The maximum atomic E-state index is 13.3. The molecule has 2 atom stereocenters. The maximum Gasteiger partial charge on any atom is 0.345 e. The van der Waals surface area contributed by atoms with Crippen molar-refractivity contribution in [2.75, 3.05) is 19.8 Å². The van der Waals surface area contributed by atoms with Crippen molar-refractivity contribution >= 4 is 16.9 Å². The molecule has 0 radical (unpaired) electrons. The van der Waals surface area contributed by atoms with Crippen molar-refractivity contribution in [2.45, 2.75) is 31.9 Å². The fourth-order valence-electron chi connectivity index (χ4n) is 5.15. The van der Waals surface area contributed by atoms with Crippen molar-refractivity contribution in [1.29, 1.82) is 0 Å². The third kappa shape index (κ3) is 3.23. The maximum absolute atomic E-state index is 13.3. The number of fused-ring (bicyclic) bond motifs is 5. The minimum atomic E-state index is -1.24. The number of ether oxygens (including phenoxy) is 2. The minimum Gasteiger partial charge on any atom is -0.463 e. The number of aliphatic hydroxyl groups excluding tert-OH is 1. The third-order valence-electron chi connectivity index (χ3n) is 6.51. The summed E-state index contributed by atoms with van der Waals surface area (Å²) in [5.41, 5.74) is 1.05. The van der Waals surface area contributed by atoms with Gasteiger partial charge in [-0.15, -0.1) is 0 Å². The first-order valence-electron chi connectivity index (χ1n) is 11.1. The fourth-order valence-corrected chi connectivity index (χ4v) is 5.15. The summed E-state index contributed by atoms with van der Waals surface area (Å²) in [5, 5.41) is 10.7. The highest BCUT2D eigenvalue weighted by molar-refractivity contribution is 5.92. The van der Waals surface area contributed by atoms with Gasteiger partial charge in [-0.3, -0.25) is 0 Å². The van der Waals surface area contributed by atoms with Crippen LogP contribution in [-0.4, -0.2) is 35.7 Å². The first-order valence-corrected chi connectivity index (χ1v) is 11.1. The van der Waals surface area contributed by atoms with Gasteiger partial charge in [-0.05, 0) is 32.0 Å². The molecule has 1 aromatic heterocycles. The standard InChI is InChI=1S/C26H25NO6/c1-3-31-25(30)23-16(2)27(12-13-28)26(15-19(23)18-9-5-7-11-22(18)33-26)20-14-17-8-4-6-10-21(17)32-24(20)29/h4-11,14,19,28H,3,12-13,15H2,1-2H3. The number of para-hydroxylation sites is 2. The van der Waals surface area contributed by atoms with Crippen LogP contribution in [0.4, 0.5) is 0 Å². The van der Waals surface area contributed by atoms with Gasteiger partial charge in [-0.1, -0.05) is 36.4 Å². The van der Waals surface area contributed by atoms with Crippen LogP contribution in [0.1, 0.15) is 37.3 Å². The molecule has 0 saturated heterocycles. The lowest BCUT2D eigenvalue weighted by molar-refractivity contribution is -0.143. The van der Waals surface area contributed by atoms with Gasteiger partial charge in [0.1, 0.15) is 16.9 Å². The number of esters is 1. The van der Waals surface area contributed by atoms with Gasteiger partial charge in [0.25, 0.3) is 0 Å². The Morgan fingerprint density at radius 1 is 1.21 bits per heavy atom. The van der Waals surface area contributed by atoms with Gasteiger partial charge in [0.05, 0.1) is 18.8 Å². The number of nitrogens with zero attached hydrogens (tertiary/aromatic N) is 1. The molecule has 7 nitrogen and oxygen atoms in total. The van der Waals surface area contributed by atoms with Gasteiger partial charge in [-0.2, -0.15) is 0 Å². The van der Waals surface area contributed by atoms with Crippen molar-refractivity contribution < 1.29 is 23.8 Å². The van der Waals surface area contributed by atoms with Crippen LogP contribution in [0.5, 0.6) is 5.75 Å². The number of rotatable bonds is 5. The number of aliphatic hydroxyl groups is 1. The Bertz CT molecular complexity index is 1330. The number of benzene rings is 2. The molecule has 2 aliphatic rings. The van der Waals surface area contributed by atoms with Gasteiger partial charge in [-0.25, -0.2) is 9.59 Å². The summed E-state index contributed by atoms with van der Waals surface area (Å²) in [6.45, 7) is 3.80. The summed E-state index contributed by atoms with van der Waals surface area (Å²) in [5.74, 6) is -0.160. The molecule has 33 heavy (non-hydrogen) atoms. The quantitative estimate of drug-likeness (QED) is 0.472. The smallest absolute Gasteiger partial charge is 0.345 e. The number of β-amino-alcohol motifs (C(OH)–C–C–N with tert-alkyl or cyclic N) is 1. The molecule has 0 spiro atoms. The Hall–Kier alpha value is -3.58. The minimum absolute atomic E-state index is 0.163. The van der Waals surface area contributed by atoms with Crippen LogP contribution in [-0.2, 0) is 15.3 Å². The zero-order valence-electron chi connectivity index (χ0n) is 18.5. The first kappa shape index (κ1) is 21.3. The van der Waals surface area contributed by atoms with Crippen LogP contribution in [0.25, 0.3) is 11.0 Å². The highest BCUT2D eigenvalue weighted by Gasteiger charge is 2.55. The first-order chi connectivity index (χ1) is 16.0. The second kappa shape index (κ2) is 8.08. The zero-order valence-corrected chi connectivity index (χ0v) is 18.5. The second-order valence-corrected chi connectivity index (χ2v) is 8.26. The summed E-state index contributed by atoms with van der Waals surface area (Å²) >= 11 is 0. The van der Waals surface area contributed by atoms with E-state index in [1.54, 1.807) is 24.0 Å². The lowest BCUT2D eigenvalue weighted by Gasteiger charge is -2.53. The summed E-state index contributed by atoms with van der Waals surface area (Å²) in [6, 6.07) is 16.6. The molecule has 0 aliphatic carbocycles. The number of hydrogen-bond donors (Lipinski definition) is 1. The van der Waals surface area contributed by atoms with Gasteiger partial charge in [0, 0.05) is 35.5 Å². The Morgan fingerprint density at radius 2 is 1.97 bits per heavy atom. The topological polar surface area (TPSA) is 89.2 Å². The fraction of sp³-hybridized carbons (Fsp3) is 0.308. The van der Waals surface area contributed by atoms with Crippen LogP contribution in [0.2, 0.25) is 0 Å². The van der Waals surface area contributed by atoms with E-state index in [9.17, 15) is 14.7 Å². The van der Waals surface area contributed by atoms with E-state index in [0.29, 0.717) is 34.6 Å². The van der Waals surface area contributed by atoms with E-state index in [1.165, 1.54) is 0 Å². The largest absolute Gasteiger partial charge is 0.463 e. The van der Waals surface area contributed by atoms with E-state index in [2.05, 4.69) is 0 Å². The summed E-state index contributed by atoms with van der Waals surface area (Å²) in [7, 11) is 0. The Balaban J connectivity index is 1.81. The van der Waals surface area contributed by atoms with Crippen LogP contribution in [0.3, 0.4) is 0 Å². The number of carbonyl (C=O) groups is 1. The molecule has 3 aromatic rings. The normalized spacial score (nSPS) is 21.5. The van der Waals surface area contributed by atoms with Gasteiger partial charge < -0.3 is 23.9 Å². The van der Waals surface area contributed by atoms with Crippen molar-refractivity contribution in [2.24, 2.45) is 0 Å². The zero-order chi connectivity index (χ0) is 23.2. The van der Waals surface area contributed by atoms with Crippen LogP contribution < -0.4 is 10.4 Å². The highest BCUT2D eigenvalue weighted by Crippen LogP contribution is 2.54. The average Bonchev–Trinajstić information content (AvgIpc) is 2.81. The lowest BCUT2D eigenvalue weighted by Crippen LogP contribution is -2.58. The van der Waals surface area contributed by atoms with Gasteiger partial charge >= 0.3 is 11.6 Å². The Labute approximate surface area is 190 Å². The predicted octanol–water partition coefficient (Wildman–Crippen LogP) is 3.66. The Kier molecular flexibility index (Phi) is 5.21. The molecule has 0 fully saturated rings. The lowest BCUT2D eigenvalue weighted by atomic mass is 9.74. The van der Waals surface area contributed by atoms with Crippen molar-refractivity contribution in [3.8, 4) is 5.75 Å². The molecule has 2 unspecified atom stereocenters. The molecule has 2 bridgehead atoms. The third-order valence-corrected chi connectivity index (χ3v) is 6.51. The molecule has 0 amide bonds. The summed E-state index contributed by atoms with van der Waals surface area (Å²) in [6.07, 6.45) is 0.304. The van der Waals surface area contributed by atoms with Crippen molar-refractivity contribution in [3.63, 3.8) is 0 Å². The molecule has 5 rings (SSSR count). The molecule has 3 heterocycles. The second-order valence-electron chi connectivity index (χ2n) is 8.26. The van der Waals surface area contributed by atoms with Gasteiger partial charge in [0.2, 0.25) is 5.72 Å².